The molecule has 496 valence electrons. The van der Waals surface area contributed by atoms with Crippen LogP contribution >= 0.6 is 0 Å². The summed E-state index contributed by atoms with van der Waals surface area (Å²) in [6, 6.07) is 126. The number of furan rings is 2. The maximum Gasteiger partial charge on any atom is 0.238 e. The molecule has 0 aliphatic rings. The lowest BCUT2D eigenvalue weighted by Gasteiger charge is -2.14. The number of benzene rings is 15. The Morgan fingerprint density at radius 3 is 1.08 bits per heavy atom. The van der Waals surface area contributed by atoms with Crippen LogP contribution in [0.3, 0.4) is 0 Å². The average molecular weight is 1360 g/mol. The zero-order valence-electron chi connectivity index (χ0n) is 57.0. The van der Waals surface area contributed by atoms with Gasteiger partial charge in [-0.1, -0.05) is 297 Å². The molecule has 21 rings (SSSR count). The quantitative estimate of drug-likeness (QED) is 0.126. The van der Waals surface area contributed by atoms with Gasteiger partial charge in [0.1, 0.15) is 22.3 Å². The van der Waals surface area contributed by atoms with E-state index in [9.17, 15) is 0 Å². The molecule has 6 heterocycles. The Morgan fingerprint density at radius 2 is 0.528 bits per heavy atom. The molecule has 106 heavy (non-hydrogen) atoms. The summed E-state index contributed by atoms with van der Waals surface area (Å²) in [5, 5.41) is 9.02. The highest BCUT2D eigenvalue weighted by Gasteiger charge is 2.24. The minimum Gasteiger partial charge on any atom is -0.455 e. The Morgan fingerprint density at radius 1 is 0.189 bits per heavy atom. The SMILES string of the molecule is c1ccc(-c2ccc(-c3nc(-c4cccc(-c5ccccc5)c4)nc(-n4c5ccccc5c5cc(-c6cccc7c6oc6ccccc67)ccc54)n3)cc2)cc1.c1ccc(-c2nc(-c3ccccc3)nc(-c3ccccc3-n3c4ccccc4c4cc(-c5cccc6c5oc5ccccc56)ccc43)n2)cc1. The Labute approximate surface area is 608 Å². The van der Waals surface area contributed by atoms with Crippen LogP contribution in [0, 0.1) is 0 Å². The summed E-state index contributed by atoms with van der Waals surface area (Å²) in [6.07, 6.45) is 0. The molecule has 0 amide bonds. The molecule has 21 aromatic rings. The fourth-order valence-electron chi connectivity index (χ4n) is 15.1. The lowest BCUT2D eigenvalue weighted by molar-refractivity contribution is 0.669. The van der Waals surface area contributed by atoms with Crippen LogP contribution in [0.1, 0.15) is 0 Å². The Balaban J connectivity index is 0.000000141. The topological polar surface area (TPSA) is 113 Å². The number of nitrogens with zero attached hydrogens (tertiary/aromatic N) is 8. The molecule has 0 unspecified atom stereocenters. The molecule has 6 aromatic heterocycles. The second-order valence-electron chi connectivity index (χ2n) is 26.5. The molecule has 0 atom stereocenters. The van der Waals surface area contributed by atoms with Gasteiger partial charge in [-0.25, -0.2) is 19.9 Å². The molecular weight excluding hydrogens is 1300 g/mol. The zero-order valence-corrected chi connectivity index (χ0v) is 57.0. The number of hydrogen-bond acceptors (Lipinski definition) is 8. The van der Waals surface area contributed by atoms with Gasteiger partial charge in [0.05, 0.1) is 27.8 Å². The summed E-state index contributed by atoms with van der Waals surface area (Å²) < 4.78 is 17.4. The first kappa shape index (κ1) is 61.4. The third-order valence-corrected chi connectivity index (χ3v) is 20.2. The molecule has 0 aliphatic carbocycles. The van der Waals surface area contributed by atoms with E-state index in [0.717, 1.165) is 160 Å². The lowest BCUT2D eigenvalue weighted by atomic mass is 10.0. The van der Waals surface area contributed by atoms with Crippen molar-refractivity contribution in [1.29, 1.82) is 0 Å². The van der Waals surface area contributed by atoms with Crippen molar-refractivity contribution in [3.8, 4) is 113 Å². The van der Waals surface area contributed by atoms with Gasteiger partial charge in [-0.05, 0) is 100 Å². The van der Waals surface area contributed by atoms with Gasteiger partial charge in [-0.15, -0.1) is 0 Å². The third-order valence-electron chi connectivity index (χ3n) is 20.2. The van der Waals surface area contributed by atoms with E-state index in [1.54, 1.807) is 0 Å². The second kappa shape index (κ2) is 25.8. The van der Waals surface area contributed by atoms with Gasteiger partial charge in [0.25, 0.3) is 0 Å². The van der Waals surface area contributed by atoms with Crippen LogP contribution in [0.2, 0.25) is 0 Å². The molecule has 0 N–H and O–H groups in total. The first-order valence-corrected chi connectivity index (χ1v) is 35.5. The predicted octanol–water partition coefficient (Wildman–Crippen LogP) is 24.7. The maximum atomic E-state index is 6.46. The molecule has 15 aromatic carbocycles. The van der Waals surface area contributed by atoms with Gasteiger partial charge in [0.2, 0.25) is 5.95 Å². The molecule has 0 spiro atoms. The van der Waals surface area contributed by atoms with Gasteiger partial charge >= 0.3 is 0 Å². The van der Waals surface area contributed by atoms with Crippen LogP contribution in [0.15, 0.2) is 373 Å². The van der Waals surface area contributed by atoms with Crippen molar-refractivity contribution >= 4 is 87.5 Å². The molecule has 0 saturated heterocycles. The van der Waals surface area contributed by atoms with E-state index in [0.29, 0.717) is 35.1 Å². The summed E-state index contributed by atoms with van der Waals surface area (Å²) in [7, 11) is 0. The summed E-state index contributed by atoms with van der Waals surface area (Å²) >= 11 is 0. The maximum absolute atomic E-state index is 6.46. The van der Waals surface area contributed by atoms with E-state index in [4.69, 9.17) is 38.7 Å². The minimum absolute atomic E-state index is 0.556. The van der Waals surface area contributed by atoms with Crippen molar-refractivity contribution in [1.82, 2.24) is 39.0 Å². The smallest absolute Gasteiger partial charge is 0.238 e. The Kier molecular flexibility index (Phi) is 15.0. The molecule has 0 radical (unpaired) electrons. The van der Waals surface area contributed by atoms with Crippen molar-refractivity contribution in [2.24, 2.45) is 0 Å². The van der Waals surface area contributed by atoms with Gasteiger partial charge in [-0.2, -0.15) is 9.97 Å². The van der Waals surface area contributed by atoms with Gasteiger partial charge < -0.3 is 13.4 Å². The molecule has 0 saturated carbocycles. The van der Waals surface area contributed by atoms with E-state index < -0.39 is 0 Å². The molecule has 10 nitrogen and oxygen atoms in total. The average Bonchev–Trinajstić information content (AvgIpc) is 1.57. The van der Waals surface area contributed by atoms with Crippen LogP contribution in [-0.2, 0) is 0 Å². The molecule has 0 aliphatic heterocycles. The largest absolute Gasteiger partial charge is 0.455 e. The molecule has 0 bridgehead atoms. The molecule has 0 fully saturated rings. The van der Waals surface area contributed by atoms with E-state index in [2.05, 4.69) is 270 Å². The van der Waals surface area contributed by atoms with E-state index in [1.807, 2.05) is 103 Å². The van der Waals surface area contributed by atoms with Crippen molar-refractivity contribution in [3.05, 3.63) is 364 Å². The summed E-state index contributed by atoms with van der Waals surface area (Å²) in [6.45, 7) is 0. The van der Waals surface area contributed by atoms with Gasteiger partial charge in [0.15, 0.2) is 29.1 Å². The lowest BCUT2D eigenvalue weighted by Crippen LogP contribution is -2.06. The van der Waals surface area contributed by atoms with Crippen molar-refractivity contribution in [2.75, 3.05) is 0 Å². The highest BCUT2D eigenvalue weighted by molar-refractivity contribution is 6.15. The number of para-hydroxylation sites is 7. The van der Waals surface area contributed by atoms with Crippen LogP contribution in [0.5, 0.6) is 0 Å². The van der Waals surface area contributed by atoms with E-state index in [1.165, 1.54) is 5.39 Å². The van der Waals surface area contributed by atoms with Crippen molar-refractivity contribution in [2.45, 2.75) is 0 Å². The van der Waals surface area contributed by atoms with Crippen LogP contribution in [0.4, 0.5) is 0 Å². The molecule has 10 heteroatoms. The first-order valence-electron chi connectivity index (χ1n) is 35.5. The minimum atomic E-state index is 0.556. The van der Waals surface area contributed by atoms with E-state index in [-0.39, 0.29) is 0 Å². The standard InChI is InChI=1S/C51H32N4O.C45H28N4O/c1-3-13-33(14-4-1)35-25-27-36(28-26-35)49-52-50(39-18-11-17-37(31-39)34-15-5-2-6-16-34)54-51(53-49)55-45-23-9-7-19-41(45)44-32-38(29-30-46(44)55)40-21-12-22-43-42-20-8-10-24-47(42)56-48(40)43;1-3-14-29(15-4-1)43-46-44(30-16-5-2-6-17-30)48-45(47-43)36-20-8-11-24-39(36)49-38-23-10-7-18-33(38)37-28-31(26-27-40(37)49)32-21-13-22-35-34-19-9-12-25-41(34)50-42(32)35/h1-32H;1-28H. The fourth-order valence-corrected chi connectivity index (χ4v) is 15.1. The van der Waals surface area contributed by atoms with Gasteiger partial charge in [-0.3, -0.25) is 4.57 Å². The second-order valence-corrected chi connectivity index (χ2v) is 26.5. The molecular formula is C96H60N8O2. The third kappa shape index (κ3) is 10.8. The highest BCUT2D eigenvalue weighted by atomic mass is 16.3. The van der Waals surface area contributed by atoms with Crippen molar-refractivity contribution < 1.29 is 8.83 Å². The van der Waals surface area contributed by atoms with Crippen LogP contribution in [0.25, 0.3) is 201 Å². The number of aromatic nitrogens is 8. The van der Waals surface area contributed by atoms with Gasteiger partial charge in [0, 0.05) is 82.0 Å². The van der Waals surface area contributed by atoms with Crippen molar-refractivity contribution in [3.63, 3.8) is 0 Å². The summed E-state index contributed by atoms with van der Waals surface area (Å²) in [5.41, 5.74) is 22.3. The Hall–Kier alpha value is -14.5. The number of fused-ring (bicyclic) bond motifs is 12. The number of hydrogen-bond donors (Lipinski definition) is 0. The monoisotopic (exact) mass is 1360 g/mol. The zero-order chi connectivity index (χ0) is 70.0. The Bertz CT molecular complexity index is 6890. The summed E-state index contributed by atoms with van der Waals surface area (Å²) in [4.78, 5) is 30.7. The van der Waals surface area contributed by atoms with Crippen LogP contribution in [-0.4, -0.2) is 39.0 Å². The van der Waals surface area contributed by atoms with E-state index >= 15 is 0 Å². The normalized spacial score (nSPS) is 11.6. The predicted molar refractivity (Wildman–Crippen MR) is 432 cm³/mol. The highest BCUT2D eigenvalue weighted by Crippen LogP contribution is 2.44. The number of rotatable bonds is 11. The first-order chi connectivity index (χ1) is 52.5. The fraction of sp³-hybridized carbons (Fsp3) is 0. The summed E-state index contributed by atoms with van der Waals surface area (Å²) in [5.74, 6) is 3.66. The van der Waals surface area contributed by atoms with Crippen LogP contribution < -0.4 is 0 Å².